The van der Waals surface area contributed by atoms with Crippen molar-refractivity contribution in [2.45, 2.75) is 124 Å². The van der Waals surface area contributed by atoms with Gasteiger partial charge in [-0.2, -0.15) is 0 Å². The van der Waals surface area contributed by atoms with Crippen molar-refractivity contribution >= 4 is 0 Å². The molecule has 0 heterocycles. The van der Waals surface area contributed by atoms with Crippen LogP contribution < -0.4 is 0 Å². The first-order chi connectivity index (χ1) is 15.1. The zero-order chi connectivity index (χ0) is 23.3. The monoisotopic (exact) mass is 444 g/mol. The van der Waals surface area contributed by atoms with Gasteiger partial charge in [0.2, 0.25) is 0 Å². The van der Waals surface area contributed by atoms with Crippen LogP contribution in [0.1, 0.15) is 112 Å². The maximum absolute atomic E-state index is 11.8. The van der Waals surface area contributed by atoms with Crippen LogP contribution in [0.2, 0.25) is 0 Å². The van der Waals surface area contributed by atoms with Gasteiger partial charge in [-0.1, -0.05) is 72.5 Å². The highest BCUT2D eigenvalue weighted by atomic mass is 16.5. The van der Waals surface area contributed by atoms with Crippen LogP contribution >= 0.6 is 0 Å². The van der Waals surface area contributed by atoms with Gasteiger partial charge in [0, 0.05) is 12.5 Å². The Hall–Kier alpha value is -0.340. The van der Waals surface area contributed by atoms with Crippen LogP contribution in [0.25, 0.3) is 0 Å². The summed E-state index contributed by atoms with van der Waals surface area (Å²) >= 11 is 0. The van der Waals surface area contributed by atoms with E-state index in [2.05, 4.69) is 47.6 Å². The van der Waals surface area contributed by atoms with Gasteiger partial charge in [-0.3, -0.25) is 0 Å². The van der Waals surface area contributed by atoms with Gasteiger partial charge in [0.25, 0.3) is 0 Å². The van der Waals surface area contributed by atoms with E-state index < -0.39 is 0 Å². The van der Waals surface area contributed by atoms with E-state index >= 15 is 0 Å². The summed E-state index contributed by atoms with van der Waals surface area (Å²) < 4.78 is 5.79. The Morgan fingerprint density at radius 1 is 1.09 bits per heavy atom. The summed E-state index contributed by atoms with van der Waals surface area (Å²) in [5.41, 5.74) is 2.32. The van der Waals surface area contributed by atoms with Crippen LogP contribution in [0.5, 0.6) is 0 Å². The second-order valence-electron chi connectivity index (χ2n) is 13.2. The van der Waals surface area contributed by atoms with Crippen LogP contribution in [-0.4, -0.2) is 24.4 Å². The molecule has 0 spiro atoms. The van der Waals surface area contributed by atoms with Gasteiger partial charge in [0.1, 0.15) is 0 Å². The topological polar surface area (TPSA) is 29.5 Å². The van der Waals surface area contributed by atoms with Crippen LogP contribution in [0.3, 0.4) is 0 Å². The molecule has 4 aliphatic rings. The summed E-state index contributed by atoms with van der Waals surface area (Å²) in [7, 11) is 1.90. The molecule has 0 aromatic heterocycles. The summed E-state index contributed by atoms with van der Waals surface area (Å²) in [5, 5.41) is 11.8. The van der Waals surface area contributed by atoms with Gasteiger partial charge >= 0.3 is 0 Å². The van der Waals surface area contributed by atoms with Gasteiger partial charge in [0.15, 0.2) is 0 Å². The standard InChI is InChI=1S/C30H52O2/c1-8-30-25-13-12-22-18-23(32-7)14-16-28(22,5)24(25)15-17-29(30,6)26(19-27(30)31)21(4)11-9-10-20(2)3/h13,20-24,26-27,31H,8-12,14-19H2,1-7H3/t21-,22+,23+,24+,26-,27+,28+,29-,30-/m1/s1. The van der Waals surface area contributed by atoms with Gasteiger partial charge in [0.05, 0.1) is 12.2 Å². The first kappa shape index (κ1) is 24.8. The third-order valence-corrected chi connectivity index (χ3v) is 11.6. The van der Waals surface area contributed by atoms with E-state index in [1.165, 1.54) is 57.8 Å². The molecule has 0 aliphatic heterocycles. The molecule has 1 N–H and O–H groups in total. The number of ether oxygens (including phenoxy) is 1. The zero-order valence-electron chi connectivity index (χ0n) is 22.3. The summed E-state index contributed by atoms with van der Waals surface area (Å²) in [6.45, 7) is 14.8. The Morgan fingerprint density at radius 2 is 1.84 bits per heavy atom. The highest BCUT2D eigenvalue weighted by Crippen LogP contribution is 2.73. The molecular formula is C30H52O2. The molecule has 4 rings (SSSR count). The average molecular weight is 445 g/mol. The van der Waals surface area contributed by atoms with Crippen molar-refractivity contribution in [3.63, 3.8) is 0 Å². The molecule has 3 fully saturated rings. The Labute approximate surface area is 199 Å². The van der Waals surface area contributed by atoms with E-state index in [1.807, 2.05) is 7.11 Å². The van der Waals surface area contributed by atoms with E-state index in [0.29, 0.717) is 29.3 Å². The van der Waals surface area contributed by atoms with Crippen molar-refractivity contribution in [2.75, 3.05) is 7.11 Å². The molecule has 0 radical (unpaired) electrons. The van der Waals surface area contributed by atoms with Crippen LogP contribution in [0.15, 0.2) is 11.6 Å². The third kappa shape index (κ3) is 3.57. The average Bonchev–Trinajstić information content (AvgIpc) is 3.00. The molecule has 4 aliphatic carbocycles. The quantitative estimate of drug-likeness (QED) is 0.406. The number of hydrogen-bond donors (Lipinski definition) is 1. The fourth-order valence-electron chi connectivity index (χ4n) is 9.70. The molecule has 0 unspecified atom stereocenters. The molecular weight excluding hydrogens is 392 g/mol. The van der Waals surface area contributed by atoms with Crippen molar-refractivity contribution in [2.24, 2.45) is 45.8 Å². The molecule has 0 aromatic rings. The number of aliphatic hydroxyl groups is 1. The summed E-state index contributed by atoms with van der Waals surface area (Å²) in [6, 6.07) is 0. The number of hydrogen-bond acceptors (Lipinski definition) is 2. The lowest BCUT2D eigenvalue weighted by molar-refractivity contribution is -0.0945. The molecule has 0 amide bonds. The Bertz CT molecular complexity index is 697. The Kier molecular flexibility index (Phi) is 6.99. The SMILES string of the molecule is CC[C@]12C3=CC[C@H]4C[C@@H](OC)CC[C@]4(C)[C@H]3CC[C@]1(C)[C@@H]([C@H](C)CCCC(C)C)C[C@@H]2O. The summed E-state index contributed by atoms with van der Waals surface area (Å²) in [4.78, 5) is 0. The van der Waals surface area contributed by atoms with Gasteiger partial charge in [-0.05, 0) is 91.8 Å². The number of methoxy groups -OCH3 is 1. The minimum Gasteiger partial charge on any atom is -0.392 e. The van der Waals surface area contributed by atoms with E-state index in [9.17, 15) is 5.11 Å². The second kappa shape index (κ2) is 9.03. The number of aliphatic hydroxyl groups excluding tert-OH is 1. The lowest BCUT2D eigenvalue weighted by Gasteiger charge is -2.62. The van der Waals surface area contributed by atoms with E-state index in [-0.39, 0.29) is 16.9 Å². The Balaban J connectivity index is 1.64. The molecule has 184 valence electrons. The van der Waals surface area contributed by atoms with E-state index in [1.54, 1.807) is 5.57 Å². The normalized spacial score (nSPS) is 46.9. The molecule has 32 heavy (non-hydrogen) atoms. The maximum atomic E-state index is 11.8. The molecule has 0 aromatic carbocycles. The minimum atomic E-state index is -0.167. The zero-order valence-corrected chi connectivity index (χ0v) is 22.3. The first-order valence-electron chi connectivity index (χ1n) is 14.0. The first-order valence-corrected chi connectivity index (χ1v) is 14.0. The van der Waals surface area contributed by atoms with Crippen LogP contribution in [0.4, 0.5) is 0 Å². The lowest BCUT2D eigenvalue weighted by Crippen LogP contribution is -2.56. The number of allylic oxidation sites excluding steroid dienone is 1. The van der Waals surface area contributed by atoms with E-state index in [0.717, 1.165) is 24.7 Å². The number of fused-ring (bicyclic) bond motifs is 5. The molecule has 9 atom stereocenters. The van der Waals surface area contributed by atoms with Crippen molar-refractivity contribution in [3.05, 3.63) is 11.6 Å². The maximum Gasteiger partial charge on any atom is 0.0641 e. The predicted octanol–water partition coefficient (Wildman–Crippen LogP) is 7.79. The molecule has 0 bridgehead atoms. The molecule has 2 nitrogen and oxygen atoms in total. The summed E-state index contributed by atoms with van der Waals surface area (Å²) in [6.07, 6.45) is 16.6. The number of rotatable bonds is 7. The lowest BCUT2D eigenvalue weighted by atomic mass is 9.42. The smallest absolute Gasteiger partial charge is 0.0641 e. The third-order valence-electron chi connectivity index (χ3n) is 11.6. The van der Waals surface area contributed by atoms with Crippen molar-refractivity contribution in [1.29, 1.82) is 0 Å². The van der Waals surface area contributed by atoms with Crippen molar-refractivity contribution < 1.29 is 9.84 Å². The van der Waals surface area contributed by atoms with Crippen LogP contribution in [-0.2, 0) is 4.74 Å². The van der Waals surface area contributed by atoms with E-state index in [4.69, 9.17) is 4.74 Å². The highest BCUT2D eigenvalue weighted by Gasteiger charge is 2.68. The predicted molar refractivity (Wildman–Crippen MR) is 134 cm³/mol. The van der Waals surface area contributed by atoms with Gasteiger partial charge in [-0.15, -0.1) is 0 Å². The molecule has 3 saturated carbocycles. The molecule has 0 saturated heterocycles. The summed E-state index contributed by atoms with van der Waals surface area (Å²) in [5.74, 6) is 3.57. The fourth-order valence-corrected chi connectivity index (χ4v) is 9.70. The van der Waals surface area contributed by atoms with Gasteiger partial charge < -0.3 is 9.84 Å². The fraction of sp³-hybridized carbons (Fsp3) is 0.933. The van der Waals surface area contributed by atoms with Gasteiger partial charge in [-0.25, -0.2) is 0 Å². The largest absolute Gasteiger partial charge is 0.392 e. The second-order valence-corrected chi connectivity index (χ2v) is 13.2. The minimum absolute atomic E-state index is 0.00102. The van der Waals surface area contributed by atoms with Crippen molar-refractivity contribution in [1.82, 2.24) is 0 Å². The van der Waals surface area contributed by atoms with Crippen molar-refractivity contribution in [3.8, 4) is 0 Å². The molecule has 2 heteroatoms. The van der Waals surface area contributed by atoms with Crippen LogP contribution in [0, 0.1) is 45.8 Å². The Morgan fingerprint density at radius 3 is 2.50 bits per heavy atom. The highest BCUT2D eigenvalue weighted by molar-refractivity contribution is 5.35.